The van der Waals surface area contributed by atoms with Gasteiger partial charge in [0.1, 0.15) is 0 Å². The van der Waals surface area contributed by atoms with Crippen LogP contribution in [0.5, 0.6) is 0 Å². The van der Waals surface area contributed by atoms with Crippen molar-refractivity contribution in [3.63, 3.8) is 0 Å². The van der Waals surface area contributed by atoms with Gasteiger partial charge in [-0.15, -0.1) is 0 Å². The number of aliphatic hydroxyl groups is 1. The standard InChI is InChI=1S/C21H28N2O3S/c1-17-9-10-18(2)20(15-17)27(25,26)23-13-11-22(12-14-23)16-21(3,24)19-7-5-4-6-8-19/h4-10,15,24H,11-14,16H2,1-3H3. The third-order valence-corrected chi connectivity index (χ3v) is 7.26. The van der Waals surface area contributed by atoms with Gasteiger partial charge in [-0.1, -0.05) is 42.5 Å². The van der Waals surface area contributed by atoms with Gasteiger partial charge in [0.25, 0.3) is 0 Å². The van der Waals surface area contributed by atoms with Crippen molar-refractivity contribution in [2.75, 3.05) is 32.7 Å². The van der Waals surface area contributed by atoms with Crippen LogP contribution in [0, 0.1) is 13.8 Å². The Balaban J connectivity index is 1.67. The quantitative estimate of drug-likeness (QED) is 0.855. The van der Waals surface area contributed by atoms with E-state index in [1.807, 2.05) is 63.2 Å². The Labute approximate surface area is 162 Å². The minimum atomic E-state index is -3.49. The molecule has 0 saturated carbocycles. The van der Waals surface area contributed by atoms with E-state index in [0.717, 1.165) is 16.7 Å². The highest BCUT2D eigenvalue weighted by Crippen LogP contribution is 2.25. The SMILES string of the molecule is Cc1ccc(C)c(S(=O)(=O)N2CCN(CC(C)(O)c3ccccc3)CC2)c1. The summed E-state index contributed by atoms with van der Waals surface area (Å²) in [5.41, 5.74) is 1.62. The van der Waals surface area contributed by atoms with Crippen molar-refractivity contribution in [1.82, 2.24) is 9.21 Å². The molecule has 2 aromatic rings. The summed E-state index contributed by atoms with van der Waals surface area (Å²) in [4.78, 5) is 2.52. The summed E-state index contributed by atoms with van der Waals surface area (Å²) in [6.07, 6.45) is 0. The molecular formula is C21H28N2O3S. The van der Waals surface area contributed by atoms with Crippen molar-refractivity contribution in [2.45, 2.75) is 31.3 Å². The van der Waals surface area contributed by atoms with Gasteiger partial charge < -0.3 is 5.11 Å². The Bertz CT molecular complexity index is 887. The van der Waals surface area contributed by atoms with Gasteiger partial charge in [-0.2, -0.15) is 4.31 Å². The van der Waals surface area contributed by atoms with Crippen LogP contribution in [0.25, 0.3) is 0 Å². The lowest BCUT2D eigenvalue weighted by Crippen LogP contribution is -2.51. The molecule has 1 unspecified atom stereocenters. The maximum Gasteiger partial charge on any atom is 0.243 e. The minimum Gasteiger partial charge on any atom is -0.384 e. The van der Waals surface area contributed by atoms with Crippen LogP contribution in [0.4, 0.5) is 0 Å². The number of nitrogens with zero attached hydrogens (tertiary/aromatic N) is 2. The molecular weight excluding hydrogens is 360 g/mol. The molecule has 0 radical (unpaired) electrons. The first kappa shape index (κ1) is 20.0. The number of aryl methyl sites for hydroxylation is 2. The predicted octanol–water partition coefficient (Wildman–Crippen LogP) is 2.52. The molecule has 0 spiro atoms. The molecule has 1 atom stereocenters. The molecule has 5 nitrogen and oxygen atoms in total. The molecule has 0 aliphatic carbocycles. The third kappa shape index (κ3) is 4.41. The molecule has 146 valence electrons. The van der Waals surface area contributed by atoms with Crippen molar-refractivity contribution in [1.29, 1.82) is 0 Å². The molecule has 1 N–H and O–H groups in total. The molecule has 1 saturated heterocycles. The maximum absolute atomic E-state index is 13.0. The van der Waals surface area contributed by atoms with Gasteiger partial charge in [0.15, 0.2) is 0 Å². The normalized spacial score (nSPS) is 19.0. The zero-order valence-electron chi connectivity index (χ0n) is 16.2. The molecule has 1 aliphatic heterocycles. The first-order valence-corrected chi connectivity index (χ1v) is 10.7. The number of sulfonamides is 1. The van der Waals surface area contributed by atoms with Gasteiger partial charge >= 0.3 is 0 Å². The van der Waals surface area contributed by atoms with Gasteiger partial charge in [0, 0.05) is 32.7 Å². The van der Waals surface area contributed by atoms with Crippen LogP contribution < -0.4 is 0 Å². The molecule has 27 heavy (non-hydrogen) atoms. The summed E-state index contributed by atoms with van der Waals surface area (Å²) in [7, 11) is -3.49. The molecule has 0 amide bonds. The van der Waals surface area contributed by atoms with Crippen LogP contribution in [-0.2, 0) is 15.6 Å². The number of piperazine rings is 1. The van der Waals surface area contributed by atoms with E-state index in [2.05, 4.69) is 4.90 Å². The maximum atomic E-state index is 13.0. The lowest BCUT2D eigenvalue weighted by atomic mass is 9.95. The third-order valence-electron chi connectivity index (χ3n) is 5.22. The fourth-order valence-corrected chi connectivity index (χ4v) is 5.31. The number of hydrogen-bond acceptors (Lipinski definition) is 4. The van der Waals surface area contributed by atoms with Crippen LogP contribution in [0.2, 0.25) is 0 Å². The molecule has 0 bridgehead atoms. The second-order valence-corrected chi connectivity index (χ2v) is 9.50. The molecule has 0 aromatic heterocycles. The van der Waals surface area contributed by atoms with E-state index in [1.165, 1.54) is 0 Å². The highest BCUT2D eigenvalue weighted by atomic mass is 32.2. The van der Waals surface area contributed by atoms with E-state index >= 15 is 0 Å². The summed E-state index contributed by atoms with van der Waals surface area (Å²) in [6, 6.07) is 15.1. The molecule has 1 fully saturated rings. The Kier molecular flexibility index (Phi) is 5.72. The van der Waals surface area contributed by atoms with Crippen LogP contribution in [-0.4, -0.2) is 55.5 Å². The van der Waals surface area contributed by atoms with Crippen molar-refractivity contribution >= 4 is 10.0 Å². The van der Waals surface area contributed by atoms with Gasteiger partial charge in [-0.25, -0.2) is 8.42 Å². The number of rotatable bonds is 5. The topological polar surface area (TPSA) is 60.9 Å². The predicted molar refractivity (Wildman–Crippen MR) is 107 cm³/mol. The fraction of sp³-hybridized carbons (Fsp3) is 0.429. The summed E-state index contributed by atoms with van der Waals surface area (Å²) in [5, 5.41) is 10.8. The van der Waals surface area contributed by atoms with E-state index < -0.39 is 15.6 Å². The minimum absolute atomic E-state index is 0.396. The van der Waals surface area contributed by atoms with Crippen LogP contribution in [0.1, 0.15) is 23.6 Å². The molecule has 1 heterocycles. The zero-order valence-corrected chi connectivity index (χ0v) is 17.0. The van der Waals surface area contributed by atoms with Crippen molar-refractivity contribution in [3.05, 3.63) is 65.2 Å². The molecule has 1 aliphatic rings. The monoisotopic (exact) mass is 388 g/mol. The van der Waals surface area contributed by atoms with E-state index in [1.54, 1.807) is 10.4 Å². The average Bonchev–Trinajstić information content (AvgIpc) is 2.64. The van der Waals surface area contributed by atoms with Gasteiger partial charge in [-0.3, -0.25) is 4.90 Å². The Morgan fingerprint density at radius 2 is 1.63 bits per heavy atom. The second-order valence-electron chi connectivity index (χ2n) is 7.59. The first-order valence-electron chi connectivity index (χ1n) is 9.28. The lowest BCUT2D eigenvalue weighted by molar-refractivity contribution is 0.00736. The van der Waals surface area contributed by atoms with E-state index in [0.29, 0.717) is 37.6 Å². The Hall–Kier alpha value is -1.73. The van der Waals surface area contributed by atoms with E-state index in [-0.39, 0.29) is 0 Å². The first-order chi connectivity index (χ1) is 12.7. The van der Waals surface area contributed by atoms with Gasteiger partial charge in [0.05, 0.1) is 10.5 Å². The van der Waals surface area contributed by atoms with Crippen molar-refractivity contribution < 1.29 is 13.5 Å². The Morgan fingerprint density at radius 3 is 2.26 bits per heavy atom. The Morgan fingerprint density at radius 1 is 1.00 bits per heavy atom. The highest BCUT2D eigenvalue weighted by molar-refractivity contribution is 7.89. The van der Waals surface area contributed by atoms with Gasteiger partial charge in [0.2, 0.25) is 10.0 Å². The number of β-amino-alcohol motifs (C(OH)–C–C–N with tert-alkyl or cyclic N) is 1. The summed E-state index contributed by atoms with van der Waals surface area (Å²) in [5.74, 6) is 0. The van der Waals surface area contributed by atoms with Crippen LogP contribution >= 0.6 is 0 Å². The largest absolute Gasteiger partial charge is 0.384 e. The van der Waals surface area contributed by atoms with E-state index in [9.17, 15) is 13.5 Å². The van der Waals surface area contributed by atoms with Crippen LogP contribution in [0.15, 0.2) is 53.4 Å². The number of benzene rings is 2. The zero-order chi connectivity index (χ0) is 19.7. The smallest absolute Gasteiger partial charge is 0.243 e. The van der Waals surface area contributed by atoms with Gasteiger partial charge in [-0.05, 0) is 43.5 Å². The lowest BCUT2D eigenvalue weighted by Gasteiger charge is -2.38. The summed E-state index contributed by atoms with van der Waals surface area (Å²) < 4.78 is 27.6. The van der Waals surface area contributed by atoms with Crippen molar-refractivity contribution in [3.8, 4) is 0 Å². The average molecular weight is 389 g/mol. The van der Waals surface area contributed by atoms with E-state index in [4.69, 9.17) is 0 Å². The van der Waals surface area contributed by atoms with Crippen molar-refractivity contribution in [2.24, 2.45) is 0 Å². The second kappa shape index (κ2) is 7.72. The molecule has 3 rings (SSSR count). The van der Waals surface area contributed by atoms with Crippen LogP contribution in [0.3, 0.4) is 0 Å². The number of hydrogen-bond donors (Lipinski definition) is 1. The molecule has 6 heteroatoms. The summed E-state index contributed by atoms with van der Waals surface area (Å²) >= 11 is 0. The highest BCUT2D eigenvalue weighted by Gasteiger charge is 2.32. The molecule has 2 aromatic carbocycles. The summed E-state index contributed by atoms with van der Waals surface area (Å²) in [6.45, 7) is 8.10. The fourth-order valence-electron chi connectivity index (χ4n) is 3.58.